The van der Waals surface area contributed by atoms with Crippen LogP contribution in [0.1, 0.15) is 23.7 Å². The average molecular weight is 356 g/mol. The Morgan fingerprint density at radius 3 is 2.69 bits per heavy atom. The fourth-order valence-electron chi connectivity index (χ4n) is 3.31. The van der Waals surface area contributed by atoms with E-state index in [1.807, 2.05) is 39.0 Å². The van der Waals surface area contributed by atoms with E-state index in [0.29, 0.717) is 5.69 Å². The third-order valence-electron chi connectivity index (χ3n) is 4.99. The molecule has 2 atom stereocenters. The number of carbonyl (C=O) groups excluding carboxylic acids is 2. The van der Waals surface area contributed by atoms with Crippen molar-refractivity contribution in [1.82, 2.24) is 19.7 Å². The van der Waals surface area contributed by atoms with Crippen molar-refractivity contribution in [2.75, 3.05) is 31.4 Å². The number of nitrogens with one attached hydrogen (secondary N) is 1. The maximum atomic E-state index is 12.9. The van der Waals surface area contributed by atoms with E-state index in [0.717, 1.165) is 17.1 Å². The van der Waals surface area contributed by atoms with Crippen LogP contribution < -0.4 is 10.2 Å². The van der Waals surface area contributed by atoms with Crippen LogP contribution in [0.25, 0.3) is 0 Å². The summed E-state index contributed by atoms with van der Waals surface area (Å²) in [6.07, 6.45) is 3.58. The van der Waals surface area contributed by atoms with Crippen molar-refractivity contribution in [1.29, 1.82) is 0 Å². The molecule has 3 heterocycles. The van der Waals surface area contributed by atoms with Crippen LogP contribution >= 0.6 is 0 Å². The normalized spacial score (nSPS) is 19.7. The molecule has 0 bridgehead atoms. The molecule has 0 unspecified atom stereocenters. The topological polar surface area (TPSA) is 83.4 Å². The predicted molar refractivity (Wildman–Crippen MR) is 98.8 cm³/mol. The van der Waals surface area contributed by atoms with E-state index in [2.05, 4.69) is 15.4 Å². The highest BCUT2D eigenvalue weighted by molar-refractivity contribution is 5.98. The monoisotopic (exact) mass is 356 g/mol. The molecule has 1 saturated heterocycles. The first-order valence-electron chi connectivity index (χ1n) is 8.48. The van der Waals surface area contributed by atoms with Gasteiger partial charge in [0.1, 0.15) is 5.82 Å². The molecule has 1 aliphatic rings. The zero-order chi connectivity index (χ0) is 19.0. The van der Waals surface area contributed by atoms with E-state index in [1.165, 1.54) is 0 Å². The Kier molecular flexibility index (Phi) is 4.67. The lowest BCUT2D eigenvalue weighted by Crippen LogP contribution is -2.30. The van der Waals surface area contributed by atoms with Gasteiger partial charge in [-0.2, -0.15) is 5.10 Å². The molecular formula is C18H24N6O2. The van der Waals surface area contributed by atoms with E-state index < -0.39 is 5.92 Å². The lowest BCUT2D eigenvalue weighted by atomic mass is 9.93. The lowest BCUT2D eigenvalue weighted by molar-refractivity contribution is -0.127. The third kappa shape index (κ3) is 3.14. The van der Waals surface area contributed by atoms with Crippen LogP contribution in [0.5, 0.6) is 0 Å². The van der Waals surface area contributed by atoms with Crippen LogP contribution in [0.4, 0.5) is 11.5 Å². The number of hydrogen-bond acceptors (Lipinski definition) is 5. The van der Waals surface area contributed by atoms with E-state index in [4.69, 9.17) is 0 Å². The Morgan fingerprint density at radius 2 is 2.08 bits per heavy atom. The molecular weight excluding hydrogens is 332 g/mol. The minimum absolute atomic E-state index is 0.0397. The Balaban J connectivity index is 1.86. The summed E-state index contributed by atoms with van der Waals surface area (Å²) in [5.74, 6) is 0.0717. The van der Waals surface area contributed by atoms with E-state index >= 15 is 0 Å². The van der Waals surface area contributed by atoms with Crippen molar-refractivity contribution in [3.05, 3.63) is 35.8 Å². The molecule has 1 aliphatic heterocycles. The minimum atomic E-state index is -0.466. The summed E-state index contributed by atoms with van der Waals surface area (Å²) in [5.41, 5.74) is 2.52. The average Bonchev–Trinajstić information content (AvgIpc) is 3.08. The maximum Gasteiger partial charge on any atom is 0.230 e. The van der Waals surface area contributed by atoms with Crippen LogP contribution in [0, 0.1) is 12.8 Å². The van der Waals surface area contributed by atoms with Gasteiger partial charge in [0.15, 0.2) is 0 Å². The standard InChI is InChI=1S/C18H24N6O2/c1-11-14(10-20-24(11)5)17-13(9-16(25)23(17)4)18(26)21-12-6-7-19-15(8-12)22(2)3/h6-8,10,13,17H,9H2,1-5H3,(H,19,21,26)/t13-,17-/m0/s1. The highest BCUT2D eigenvalue weighted by atomic mass is 16.2. The first-order valence-corrected chi connectivity index (χ1v) is 8.48. The largest absolute Gasteiger partial charge is 0.363 e. The number of rotatable bonds is 4. The van der Waals surface area contributed by atoms with Gasteiger partial charge in [0, 0.05) is 63.8 Å². The zero-order valence-corrected chi connectivity index (χ0v) is 15.7. The molecule has 1 fully saturated rings. The summed E-state index contributed by atoms with van der Waals surface area (Å²) in [6.45, 7) is 1.94. The highest BCUT2D eigenvalue weighted by Gasteiger charge is 2.44. The first kappa shape index (κ1) is 17.9. The summed E-state index contributed by atoms with van der Waals surface area (Å²) in [4.78, 5) is 33.0. The smallest absolute Gasteiger partial charge is 0.230 e. The van der Waals surface area contributed by atoms with Crippen LogP contribution in [0.2, 0.25) is 0 Å². The molecule has 138 valence electrons. The van der Waals surface area contributed by atoms with E-state index in [9.17, 15) is 9.59 Å². The Labute approximate surface area is 152 Å². The molecule has 2 aromatic heterocycles. The predicted octanol–water partition coefficient (Wildman–Crippen LogP) is 1.35. The van der Waals surface area contributed by atoms with Gasteiger partial charge >= 0.3 is 0 Å². The van der Waals surface area contributed by atoms with Crippen molar-refractivity contribution in [3.8, 4) is 0 Å². The molecule has 0 aromatic carbocycles. The number of hydrogen-bond donors (Lipinski definition) is 1. The van der Waals surface area contributed by atoms with Crippen molar-refractivity contribution in [2.45, 2.75) is 19.4 Å². The fraction of sp³-hybridized carbons (Fsp3) is 0.444. The number of amides is 2. The van der Waals surface area contributed by atoms with Gasteiger partial charge in [-0.15, -0.1) is 0 Å². The van der Waals surface area contributed by atoms with E-state index in [1.54, 1.807) is 35.1 Å². The zero-order valence-electron chi connectivity index (χ0n) is 15.7. The van der Waals surface area contributed by atoms with Gasteiger partial charge in [0.05, 0.1) is 18.2 Å². The van der Waals surface area contributed by atoms with Crippen molar-refractivity contribution in [3.63, 3.8) is 0 Å². The van der Waals surface area contributed by atoms with Crippen molar-refractivity contribution in [2.24, 2.45) is 13.0 Å². The summed E-state index contributed by atoms with van der Waals surface area (Å²) in [7, 11) is 7.37. The van der Waals surface area contributed by atoms with Crippen molar-refractivity contribution >= 4 is 23.3 Å². The van der Waals surface area contributed by atoms with Gasteiger partial charge in [0.2, 0.25) is 11.8 Å². The minimum Gasteiger partial charge on any atom is -0.363 e. The molecule has 2 amide bonds. The molecule has 3 rings (SSSR count). The Hall–Kier alpha value is -2.90. The number of aromatic nitrogens is 3. The fourth-order valence-corrected chi connectivity index (χ4v) is 3.31. The molecule has 8 nitrogen and oxygen atoms in total. The molecule has 0 spiro atoms. The first-order chi connectivity index (χ1) is 12.3. The molecule has 26 heavy (non-hydrogen) atoms. The Bertz CT molecular complexity index is 844. The van der Waals surface area contributed by atoms with Gasteiger partial charge in [-0.3, -0.25) is 14.3 Å². The van der Waals surface area contributed by atoms with Gasteiger partial charge in [-0.05, 0) is 13.0 Å². The summed E-state index contributed by atoms with van der Waals surface area (Å²) < 4.78 is 1.76. The number of anilines is 2. The lowest BCUT2D eigenvalue weighted by Gasteiger charge is -2.24. The number of likely N-dealkylation sites (tertiary alicyclic amines) is 1. The second-order valence-electron chi connectivity index (χ2n) is 6.86. The van der Waals surface area contributed by atoms with Crippen LogP contribution in [-0.4, -0.2) is 52.6 Å². The quantitative estimate of drug-likeness (QED) is 0.894. The molecule has 8 heteroatoms. The number of aryl methyl sites for hydroxylation is 1. The summed E-state index contributed by atoms with van der Waals surface area (Å²) in [5, 5.41) is 7.20. The molecule has 2 aromatic rings. The molecule has 0 aliphatic carbocycles. The number of nitrogens with zero attached hydrogens (tertiary/aromatic N) is 5. The summed E-state index contributed by atoms with van der Waals surface area (Å²) >= 11 is 0. The molecule has 0 saturated carbocycles. The molecule has 0 radical (unpaired) electrons. The van der Waals surface area contributed by atoms with Crippen LogP contribution in [0.3, 0.4) is 0 Å². The molecule has 1 N–H and O–H groups in total. The van der Waals surface area contributed by atoms with Crippen LogP contribution in [-0.2, 0) is 16.6 Å². The maximum absolute atomic E-state index is 12.9. The highest BCUT2D eigenvalue weighted by Crippen LogP contribution is 2.38. The number of carbonyl (C=O) groups is 2. The SMILES string of the molecule is Cc1c([C@@H]2[C@@H](C(=O)Nc3ccnc(N(C)C)c3)CC(=O)N2C)cnn1C. The summed E-state index contributed by atoms with van der Waals surface area (Å²) in [6, 6.07) is 3.24. The second kappa shape index (κ2) is 6.78. The van der Waals surface area contributed by atoms with Gasteiger partial charge in [0.25, 0.3) is 0 Å². The van der Waals surface area contributed by atoms with Crippen LogP contribution in [0.15, 0.2) is 24.5 Å². The van der Waals surface area contributed by atoms with Gasteiger partial charge < -0.3 is 15.1 Å². The second-order valence-corrected chi connectivity index (χ2v) is 6.86. The van der Waals surface area contributed by atoms with Gasteiger partial charge in [-0.1, -0.05) is 0 Å². The Morgan fingerprint density at radius 1 is 1.35 bits per heavy atom. The van der Waals surface area contributed by atoms with Crippen molar-refractivity contribution < 1.29 is 9.59 Å². The number of pyridine rings is 1. The third-order valence-corrected chi connectivity index (χ3v) is 4.99. The van der Waals surface area contributed by atoms with Gasteiger partial charge in [-0.25, -0.2) is 4.98 Å². The van der Waals surface area contributed by atoms with E-state index in [-0.39, 0.29) is 24.3 Å².